The van der Waals surface area contributed by atoms with Crippen molar-refractivity contribution in [1.82, 2.24) is 25.2 Å². The molecule has 0 aliphatic heterocycles. The number of thiazole rings is 1. The van der Waals surface area contributed by atoms with Crippen molar-refractivity contribution in [3.8, 4) is 5.69 Å². The highest BCUT2D eigenvalue weighted by Crippen LogP contribution is 2.30. The number of guanidine groups is 1. The number of hydrogen-bond donors (Lipinski definition) is 2. The van der Waals surface area contributed by atoms with E-state index in [4.69, 9.17) is 0 Å². The summed E-state index contributed by atoms with van der Waals surface area (Å²) in [6.45, 7) is 3.11. The molecule has 0 atom stereocenters. The molecule has 0 saturated carbocycles. The molecule has 0 aliphatic rings. The fraction of sp³-hybridized carbons (Fsp3) is 0.316. The van der Waals surface area contributed by atoms with E-state index in [1.165, 1.54) is 12.4 Å². The average Bonchev–Trinajstić information content (AvgIpc) is 3.38. The standard InChI is InChI=1S/C19H20F4N6S.HI/c1-2-25-18(26-6-5-17-28-16(11-30-17)19(21,22)23)27-10-13-3-4-15(14(20)9-13)29-8-7-24-12-29;/h3-4,7-9,11-12H,2,5-6,10H2,1H3,(H2,25,26,27);1H. The Morgan fingerprint density at radius 2 is 2.06 bits per heavy atom. The minimum atomic E-state index is -4.43. The lowest BCUT2D eigenvalue weighted by Gasteiger charge is -2.11. The number of alkyl halides is 3. The van der Waals surface area contributed by atoms with E-state index in [0.29, 0.717) is 41.7 Å². The number of aliphatic imine (C=N–C) groups is 1. The third-order valence-corrected chi connectivity index (χ3v) is 4.94. The van der Waals surface area contributed by atoms with Gasteiger partial charge in [0.25, 0.3) is 0 Å². The van der Waals surface area contributed by atoms with Gasteiger partial charge in [0, 0.05) is 37.3 Å². The molecular formula is C19H21F4IN6S. The van der Waals surface area contributed by atoms with E-state index in [-0.39, 0.29) is 36.3 Å². The van der Waals surface area contributed by atoms with Crippen LogP contribution in [0.3, 0.4) is 0 Å². The molecule has 3 rings (SSSR count). The van der Waals surface area contributed by atoms with E-state index in [9.17, 15) is 17.6 Å². The van der Waals surface area contributed by atoms with Crippen molar-refractivity contribution in [3.05, 3.63) is 64.4 Å². The molecule has 168 valence electrons. The predicted octanol–water partition coefficient (Wildman–Crippen LogP) is 4.40. The Kier molecular flexibility index (Phi) is 9.22. The summed E-state index contributed by atoms with van der Waals surface area (Å²) in [7, 11) is 0. The second-order valence-corrected chi connectivity index (χ2v) is 7.19. The maximum absolute atomic E-state index is 14.3. The van der Waals surface area contributed by atoms with Crippen LogP contribution >= 0.6 is 35.3 Å². The first-order valence-electron chi connectivity index (χ1n) is 9.17. The normalized spacial score (nSPS) is 11.8. The van der Waals surface area contributed by atoms with E-state index in [0.717, 1.165) is 16.7 Å². The van der Waals surface area contributed by atoms with Crippen molar-refractivity contribution >= 4 is 41.3 Å². The number of hydrogen-bond acceptors (Lipinski definition) is 4. The number of aromatic nitrogens is 3. The maximum atomic E-state index is 14.3. The summed E-state index contributed by atoms with van der Waals surface area (Å²) in [5, 5.41) is 7.51. The molecule has 0 unspecified atom stereocenters. The van der Waals surface area contributed by atoms with Gasteiger partial charge in [-0.3, -0.25) is 0 Å². The molecule has 0 spiro atoms. The number of halogens is 5. The van der Waals surface area contributed by atoms with Gasteiger partial charge in [-0.25, -0.2) is 19.4 Å². The van der Waals surface area contributed by atoms with E-state index in [1.54, 1.807) is 29.1 Å². The van der Waals surface area contributed by atoms with E-state index < -0.39 is 11.9 Å². The average molecular weight is 568 g/mol. The Morgan fingerprint density at radius 3 is 2.68 bits per heavy atom. The fourth-order valence-electron chi connectivity index (χ4n) is 2.62. The Labute approximate surface area is 197 Å². The first-order valence-corrected chi connectivity index (χ1v) is 10.1. The van der Waals surface area contributed by atoms with E-state index in [2.05, 4.69) is 25.6 Å². The monoisotopic (exact) mass is 568 g/mol. The summed E-state index contributed by atoms with van der Waals surface area (Å²) in [5.41, 5.74) is 0.208. The lowest BCUT2D eigenvalue weighted by Crippen LogP contribution is -2.38. The van der Waals surface area contributed by atoms with E-state index in [1.807, 2.05) is 6.92 Å². The summed E-state index contributed by atoms with van der Waals surface area (Å²) in [4.78, 5) is 11.9. The molecule has 31 heavy (non-hydrogen) atoms. The van der Waals surface area contributed by atoms with Crippen LogP contribution in [-0.2, 0) is 19.1 Å². The van der Waals surface area contributed by atoms with Crippen molar-refractivity contribution in [1.29, 1.82) is 0 Å². The van der Waals surface area contributed by atoms with E-state index >= 15 is 0 Å². The summed E-state index contributed by atoms with van der Waals surface area (Å²) in [5.74, 6) is 0.104. The van der Waals surface area contributed by atoms with Gasteiger partial charge in [0.1, 0.15) is 5.82 Å². The molecule has 0 amide bonds. The van der Waals surface area contributed by atoms with Gasteiger partial charge in [-0.15, -0.1) is 35.3 Å². The van der Waals surface area contributed by atoms with Gasteiger partial charge >= 0.3 is 6.18 Å². The van der Waals surface area contributed by atoms with Crippen molar-refractivity contribution in [3.63, 3.8) is 0 Å². The first kappa shape index (κ1) is 25.0. The molecule has 0 radical (unpaired) electrons. The van der Waals surface area contributed by atoms with Gasteiger partial charge in [0.2, 0.25) is 0 Å². The summed E-state index contributed by atoms with van der Waals surface area (Å²) in [6.07, 6.45) is 0.648. The SMILES string of the molecule is CCNC(=NCc1ccc(-n2ccnc2)c(F)c1)NCCc1nc(C(F)(F)F)cs1.I. The van der Waals surface area contributed by atoms with Crippen LogP contribution in [-0.4, -0.2) is 33.6 Å². The molecule has 0 fully saturated rings. The molecule has 2 aromatic heterocycles. The Morgan fingerprint density at radius 1 is 1.26 bits per heavy atom. The van der Waals surface area contributed by atoms with Gasteiger partial charge < -0.3 is 15.2 Å². The molecule has 1 aromatic carbocycles. The smallest absolute Gasteiger partial charge is 0.357 e. The number of benzene rings is 1. The van der Waals surface area contributed by atoms with Crippen molar-refractivity contribution in [2.24, 2.45) is 4.99 Å². The summed E-state index contributed by atoms with van der Waals surface area (Å²) < 4.78 is 53.8. The highest BCUT2D eigenvalue weighted by atomic mass is 127. The third kappa shape index (κ3) is 7.16. The van der Waals surface area contributed by atoms with Crippen LogP contribution in [0.1, 0.15) is 23.2 Å². The molecule has 0 bridgehead atoms. The minimum absolute atomic E-state index is 0. The lowest BCUT2D eigenvalue weighted by molar-refractivity contribution is -0.140. The third-order valence-electron chi connectivity index (χ3n) is 4.03. The molecule has 2 N–H and O–H groups in total. The van der Waals surface area contributed by atoms with Crippen LogP contribution in [0.4, 0.5) is 17.6 Å². The Bertz CT molecular complexity index is 988. The van der Waals surface area contributed by atoms with Crippen molar-refractivity contribution < 1.29 is 17.6 Å². The molecule has 6 nitrogen and oxygen atoms in total. The highest BCUT2D eigenvalue weighted by molar-refractivity contribution is 14.0. The molecule has 0 aliphatic carbocycles. The predicted molar refractivity (Wildman–Crippen MR) is 123 cm³/mol. The second kappa shape index (κ2) is 11.4. The number of imidazole rings is 1. The second-order valence-electron chi connectivity index (χ2n) is 6.25. The number of nitrogens with zero attached hydrogens (tertiary/aromatic N) is 4. The van der Waals surface area contributed by atoms with Gasteiger partial charge in [0.05, 0.1) is 23.6 Å². The first-order chi connectivity index (χ1) is 14.4. The molecule has 2 heterocycles. The Hall–Kier alpha value is -2.22. The Balaban J connectivity index is 0.00000341. The molecule has 0 saturated heterocycles. The van der Waals surface area contributed by atoms with Crippen LogP contribution in [0.15, 0.2) is 47.3 Å². The van der Waals surface area contributed by atoms with Crippen LogP contribution in [0.2, 0.25) is 0 Å². The minimum Gasteiger partial charge on any atom is -0.357 e. The van der Waals surface area contributed by atoms with Crippen molar-refractivity contribution in [2.45, 2.75) is 26.1 Å². The van der Waals surface area contributed by atoms with Gasteiger partial charge in [-0.05, 0) is 24.6 Å². The van der Waals surface area contributed by atoms with Gasteiger partial charge in [-0.1, -0.05) is 6.07 Å². The zero-order valence-corrected chi connectivity index (χ0v) is 19.6. The lowest BCUT2D eigenvalue weighted by atomic mass is 10.2. The number of rotatable bonds is 7. The zero-order valence-electron chi connectivity index (χ0n) is 16.5. The molecular weight excluding hydrogens is 547 g/mol. The van der Waals surface area contributed by atoms with Crippen LogP contribution < -0.4 is 10.6 Å². The highest BCUT2D eigenvalue weighted by Gasteiger charge is 2.33. The molecule has 12 heteroatoms. The number of nitrogens with one attached hydrogen (secondary N) is 2. The van der Waals surface area contributed by atoms with Gasteiger partial charge in [-0.2, -0.15) is 13.2 Å². The van der Waals surface area contributed by atoms with Crippen LogP contribution in [0.25, 0.3) is 5.69 Å². The van der Waals surface area contributed by atoms with Crippen LogP contribution in [0.5, 0.6) is 0 Å². The van der Waals surface area contributed by atoms with Crippen LogP contribution in [0, 0.1) is 5.82 Å². The fourth-order valence-corrected chi connectivity index (χ4v) is 3.42. The maximum Gasteiger partial charge on any atom is 0.434 e. The topological polar surface area (TPSA) is 67.1 Å². The quantitative estimate of drug-likeness (QED) is 0.192. The zero-order chi connectivity index (χ0) is 21.6. The largest absolute Gasteiger partial charge is 0.434 e. The molecule has 3 aromatic rings. The summed E-state index contributed by atoms with van der Waals surface area (Å²) in [6, 6.07) is 4.85. The van der Waals surface area contributed by atoms with Gasteiger partial charge in [0.15, 0.2) is 11.7 Å². The summed E-state index contributed by atoms with van der Waals surface area (Å²) >= 11 is 0.974. The van der Waals surface area contributed by atoms with Crippen molar-refractivity contribution in [2.75, 3.05) is 13.1 Å².